The lowest BCUT2D eigenvalue weighted by Gasteiger charge is -2.28. The second-order valence-corrected chi connectivity index (χ2v) is 9.68. The highest BCUT2D eigenvalue weighted by atomic mass is 79.9. The maximum absolute atomic E-state index is 12.9. The van der Waals surface area contributed by atoms with Crippen molar-refractivity contribution in [3.8, 4) is 0 Å². The molecule has 0 bridgehead atoms. The van der Waals surface area contributed by atoms with Crippen LogP contribution in [-0.4, -0.2) is 36.8 Å². The second-order valence-electron chi connectivity index (χ2n) is 5.83. The summed E-state index contributed by atoms with van der Waals surface area (Å²) < 4.78 is 29.5. The number of benzene rings is 1. The van der Waals surface area contributed by atoms with Gasteiger partial charge in [-0.05, 0) is 52.2 Å². The molecule has 0 spiro atoms. The number of furan rings is 1. The van der Waals surface area contributed by atoms with Gasteiger partial charge in [0.25, 0.3) is 5.91 Å². The molecular formula is C16H14BrCl2NO4S. The molecule has 134 valence electrons. The zero-order valence-corrected chi connectivity index (χ0v) is 16.8. The number of sulfone groups is 1. The Morgan fingerprint density at radius 1 is 1.28 bits per heavy atom. The Labute approximate surface area is 163 Å². The summed E-state index contributed by atoms with van der Waals surface area (Å²) in [6.07, 6.45) is 0.390. The molecule has 1 fully saturated rings. The molecule has 5 nitrogen and oxygen atoms in total. The topological polar surface area (TPSA) is 67.6 Å². The number of rotatable bonds is 4. The van der Waals surface area contributed by atoms with Gasteiger partial charge >= 0.3 is 0 Å². The number of carbonyl (C=O) groups excluding carboxylic acids is 1. The van der Waals surface area contributed by atoms with E-state index in [1.165, 1.54) is 4.90 Å². The van der Waals surface area contributed by atoms with Crippen LogP contribution in [0, 0.1) is 0 Å². The monoisotopic (exact) mass is 465 g/mol. The first kappa shape index (κ1) is 18.8. The summed E-state index contributed by atoms with van der Waals surface area (Å²) in [5.41, 5.74) is 0.689. The fourth-order valence-corrected chi connectivity index (χ4v) is 5.30. The van der Waals surface area contributed by atoms with Crippen molar-refractivity contribution in [2.45, 2.75) is 19.0 Å². The van der Waals surface area contributed by atoms with E-state index in [0.717, 1.165) is 0 Å². The van der Waals surface area contributed by atoms with Crippen LogP contribution in [0.15, 0.2) is 39.4 Å². The largest absolute Gasteiger partial charge is 0.444 e. The van der Waals surface area contributed by atoms with E-state index in [-0.39, 0.29) is 29.7 Å². The number of halogens is 3. The minimum absolute atomic E-state index is 0.0637. The van der Waals surface area contributed by atoms with E-state index in [2.05, 4.69) is 15.9 Å². The molecule has 1 aliphatic heterocycles. The van der Waals surface area contributed by atoms with Crippen LogP contribution in [0.2, 0.25) is 10.0 Å². The molecule has 9 heteroatoms. The van der Waals surface area contributed by atoms with Crippen molar-refractivity contribution in [1.82, 2.24) is 4.90 Å². The van der Waals surface area contributed by atoms with Crippen LogP contribution in [-0.2, 0) is 16.4 Å². The third-order valence-electron chi connectivity index (χ3n) is 4.05. The van der Waals surface area contributed by atoms with Crippen LogP contribution in [0.1, 0.15) is 22.5 Å². The zero-order chi connectivity index (χ0) is 18.2. The maximum Gasteiger partial charge on any atom is 0.290 e. The predicted molar refractivity (Wildman–Crippen MR) is 99.8 cm³/mol. The van der Waals surface area contributed by atoms with Crippen LogP contribution < -0.4 is 0 Å². The summed E-state index contributed by atoms with van der Waals surface area (Å²) in [6.45, 7) is 0.174. The number of carbonyl (C=O) groups is 1. The van der Waals surface area contributed by atoms with Crippen molar-refractivity contribution in [2.24, 2.45) is 0 Å². The molecule has 0 unspecified atom stereocenters. The maximum atomic E-state index is 12.9. The molecular weight excluding hydrogens is 453 g/mol. The summed E-state index contributed by atoms with van der Waals surface area (Å²) in [7, 11) is -3.15. The van der Waals surface area contributed by atoms with Gasteiger partial charge in [0.05, 0.1) is 11.5 Å². The van der Waals surface area contributed by atoms with Crippen LogP contribution in [0.4, 0.5) is 0 Å². The van der Waals surface area contributed by atoms with E-state index < -0.39 is 15.9 Å². The van der Waals surface area contributed by atoms with Gasteiger partial charge in [0.1, 0.15) is 0 Å². The third kappa shape index (κ3) is 4.39. The SMILES string of the molecule is O=C(c1ccc(Br)o1)N(Cc1ccc(Cl)cc1Cl)[C@@H]1CCS(=O)(=O)C1. The van der Waals surface area contributed by atoms with Gasteiger partial charge in [0.15, 0.2) is 20.3 Å². The Morgan fingerprint density at radius 2 is 2.04 bits per heavy atom. The Balaban J connectivity index is 1.92. The highest BCUT2D eigenvalue weighted by molar-refractivity contribution is 9.10. The lowest BCUT2D eigenvalue weighted by atomic mass is 10.1. The summed E-state index contributed by atoms with van der Waals surface area (Å²) >= 11 is 15.3. The zero-order valence-electron chi connectivity index (χ0n) is 12.9. The molecule has 1 amide bonds. The van der Waals surface area contributed by atoms with Crippen molar-refractivity contribution in [2.75, 3.05) is 11.5 Å². The lowest BCUT2D eigenvalue weighted by molar-refractivity contribution is 0.0647. The average molecular weight is 467 g/mol. The fourth-order valence-electron chi connectivity index (χ4n) is 2.79. The van der Waals surface area contributed by atoms with Gasteiger partial charge < -0.3 is 9.32 Å². The molecule has 2 heterocycles. The molecule has 0 aliphatic carbocycles. The summed E-state index contributed by atoms with van der Waals surface area (Å²) in [6, 6.07) is 7.74. The van der Waals surface area contributed by atoms with Gasteiger partial charge in [-0.3, -0.25) is 4.79 Å². The van der Waals surface area contributed by atoms with Gasteiger partial charge in [0, 0.05) is 22.6 Å². The Hall–Kier alpha value is -1.02. The van der Waals surface area contributed by atoms with E-state index in [0.29, 0.717) is 26.7 Å². The van der Waals surface area contributed by atoms with Crippen LogP contribution in [0.25, 0.3) is 0 Å². The van der Waals surface area contributed by atoms with Gasteiger partial charge in [0.2, 0.25) is 0 Å². The molecule has 1 aliphatic rings. The van der Waals surface area contributed by atoms with Crippen LogP contribution in [0.3, 0.4) is 0 Å². The van der Waals surface area contributed by atoms with Gasteiger partial charge in [-0.1, -0.05) is 29.3 Å². The van der Waals surface area contributed by atoms with Crippen LogP contribution >= 0.6 is 39.1 Å². The van der Waals surface area contributed by atoms with Gasteiger partial charge in [-0.25, -0.2) is 8.42 Å². The summed E-state index contributed by atoms with van der Waals surface area (Å²) in [4.78, 5) is 14.4. The minimum atomic E-state index is -3.15. The summed E-state index contributed by atoms with van der Waals surface area (Å²) in [5, 5.41) is 0.914. The van der Waals surface area contributed by atoms with Crippen molar-refractivity contribution in [3.05, 3.63) is 56.4 Å². The van der Waals surface area contributed by atoms with E-state index in [1.54, 1.807) is 30.3 Å². The van der Waals surface area contributed by atoms with Crippen molar-refractivity contribution < 1.29 is 17.6 Å². The van der Waals surface area contributed by atoms with Gasteiger partial charge in [-0.2, -0.15) is 0 Å². The lowest BCUT2D eigenvalue weighted by Crippen LogP contribution is -2.40. The molecule has 0 N–H and O–H groups in total. The standard InChI is InChI=1S/C16H14BrCl2NO4S/c17-15-4-3-14(24-15)16(21)20(12-5-6-25(22,23)9-12)8-10-1-2-11(18)7-13(10)19/h1-4,7,12H,5-6,8-9H2/t12-/m1/s1. The van der Waals surface area contributed by atoms with Gasteiger partial charge in [-0.15, -0.1) is 0 Å². The molecule has 1 atom stereocenters. The molecule has 0 saturated carbocycles. The molecule has 1 saturated heterocycles. The molecule has 1 aromatic heterocycles. The quantitative estimate of drug-likeness (QED) is 0.677. The Bertz CT molecular complexity index is 913. The molecule has 0 radical (unpaired) electrons. The smallest absolute Gasteiger partial charge is 0.290 e. The molecule has 3 rings (SSSR count). The second kappa shape index (κ2) is 7.31. The van der Waals surface area contributed by atoms with Crippen molar-refractivity contribution in [1.29, 1.82) is 0 Å². The first-order valence-corrected chi connectivity index (χ1v) is 10.8. The average Bonchev–Trinajstić information content (AvgIpc) is 3.11. The number of hydrogen-bond acceptors (Lipinski definition) is 4. The highest BCUT2D eigenvalue weighted by Crippen LogP contribution is 2.27. The van der Waals surface area contributed by atoms with E-state index >= 15 is 0 Å². The van der Waals surface area contributed by atoms with Crippen molar-refractivity contribution in [3.63, 3.8) is 0 Å². The van der Waals surface area contributed by atoms with E-state index in [4.69, 9.17) is 27.6 Å². The van der Waals surface area contributed by atoms with Crippen LogP contribution in [0.5, 0.6) is 0 Å². The number of hydrogen-bond donors (Lipinski definition) is 0. The fraction of sp³-hybridized carbons (Fsp3) is 0.312. The molecule has 2 aromatic rings. The highest BCUT2D eigenvalue weighted by Gasteiger charge is 2.36. The third-order valence-corrected chi connectivity index (χ3v) is 6.81. The number of amides is 1. The Morgan fingerprint density at radius 3 is 2.60 bits per heavy atom. The molecule has 1 aromatic carbocycles. The first-order valence-electron chi connectivity index (χ1n) is 7.46. The van der Waals surface area contributed by atoms with E-state index in [1.807, 2.05) is 0 Å². The Kier molecular flexibility index (Phi) is 5.48. The summed E-state index contributed by atoms with van der Waals surface area (Å²) in [5.74, 6) is -0.233. The normalized spacial score (nSPS) is 19.1. The predicted octanol–water partition coefficient (Wildman–Crippen LogP) is 4.18. The molecule has 25 heavy (non-hydrogen) atoms. The minimum Gasteiger partial charge on any atom is -0.444 e. The van der Waals surface area contributed by atoms with Crippen molar-refractivity contribution >= 4 is 54.9 Å². The number of nitrogens with zero attached hydrogens (tertiary/aromatic N) is 1. The van der Waals surface area contributed by atoms with E-state index in [9.17, 15) is 13.2 Å². The first-order chi connectivity index (χ1) is 11.7.